The molecule has 5 nitrogen and oxygen atoms in total. The highest BCUT2D eigenvalue weighted by Crippen LogP contribution is 2.26. The summed E-state index contributed by atoms with van der Waals surface area (Å²) in [6.45, 7) is 4.93. The Balaban J connectivity index is 1.60. The Morgan fingerprint density at radius 1 is 1.08 bits per heavy atom. The molecule has 0 bridgehead atoms. The average Bonchev–Trinajstić information content (AvgIpc) is 2.59. The average molecular weight is 337 g/mol. The number of hydrogen-bond acceptors (Lipinski definition) is 3. The van der Waals surface area contributed by atoms with Crippen LogP contribution in [-0.2, 0) is 11.2 Å². The molecular weight excluding hydrogens is 314 g/mol. The third kappa shape index (κ3) is 3.99. The highest BCUT2D eigenvalue weighted by molar-refractivity contribution is 6.02. The lowest BCUT2D eigenvalue weighted by Gasteiger charge is -2.30. The molecule has 1 aliphatic rings. The molecule has 0 unspecified atom stereocenters. The van der Waals surface area contributed by atoms with Crippen molar-refractivity contribution in [2.24, 2.45) is 0 Å². The number of anilines is 2. The van der Waals surface area contributed by atoms with Gasteiger partial charge in [0.1, 0.15) is 0 Å². The van der Waals surface area contributed by atoms with Crippen LogP contribution in [0.3, 0.4) is 0 Å². The van der Waals surface area contributed by atoms with E-state index in [9.17, 15) is 9.59 Å². The summed E-state index contributed by atoms with van der Waals surface area (Å²) in [6.07, 6.45) is 2.04. The number of hydrogen-bond donors (Lipinski definition) is 2. The molecule has 0 radical (unpaired) electrons. The number of nitrogens with zero attached hydrogens (tertiary/aromatic N) is 1. The van der Waals surface area contributed by atoms with E-state index in [0.29, 0.717) is 5.69 Å². The standard InChI is InChI=1S/C20H23N3O2/c1-14-7-5-10-17(15(14)2)21-20(25)22-19(24)13-23-12-6-9-16-8-3-4-11-18(16)23/h3-5,7-8,10-11H,6,9,12-13H2,1-2H3,(H2,21,22,24,25). The fraction of sp³-hybridized carbons (Fsp3) is 0.300. The minimum Gasteiger partial charge on any atom is -0.362 e. The van der Waals surface area contributed by atoms with Crippen LogP contribution in [0.15, 0.2) is 42.5 Å². The number of nitrogens with one attached hydrogen (secondary N) is 2. The first-order valence-corrected chi connectivity index (χ1v) is 8.54. The summed E-state index contributed by atoms with van der Waals surface area (Å²) in [7, 11) is 0. The fourth-order valence-electron chi connectivity index (χ4n) is 3.16. The lowest BCUT2D eigenvalue weighted by Crippen LogP contribution is -2.43. The minimum absolute atomic E-state index is 0.178. The van der Waals surface area contributed by atoms with Crippen LogP contribution in [-0.4, -0.2) is 25.0 Å². The number of aryl methyl sites for hydroxylation is 2. The number of para-hydroxylation sites is 1. The largest absolute Gasteiger partial charge is 0.362 e. The van der Waals surface area contributed by atoms with Crippen LogP contribution in [0.2, 0.25) is 0 Å². The topological polar surface area (TPSA) is 61.4 Å². The second-order valence-electron chi connectivity index (χ2n) is 6.40. The number of rotatable bonds is 3. The molecule has 1 aliphatic heterocycles. The van der Waals surface area contributed by atoms with Gasteiger partial charge in [-0.1, -0.05) is 30.3 Å². The molecule has 0 spiro atoms. The monoisotopic (exact) mass is 337 g/mol. The molecule has 0 saturated heterocycles. The first-order chi connectivity index (χ1) is 12.0. The van der Waals surface area contributed by atoms with Gasteiger partial charge in [0, 0.05) is 17.9 Å². The van der Waals surface area contributed by atoms with Gasteiger partial charge in [0.2, 0.25) is 5.91 Å². The van der Waals surface area contributed by atoms with E-state index in [0.717, 1.165) is 36.2 Å². The molecule has 0 aromatic heterocycles. The third-order valence-corrected chi connectivity index (χ3v) is 4.65. The SMILES string of the molecule is Cc1cccc(NC(=O)NC(=O)CN2CCCc3ccccc32)c1C. The molecule has 2 aromatic rings. The maximum absolute atomic E-state index is 12.3. The van der Waals surface area contributed by atoms with E-state index in [2.05, 4.69) is 16.7 Å². The van der Waals surface area contributed by atoms with Crippen LogP contribution in [0.5, 0.6) is 0 Å². The van der Waals surface area contributed by atoms with Gasteiger partial charge in [-0.3, -0.25) is 10.1 Å². The van der Waals surface area contributed by atoms with Crippen LogP contribution in [0.4, 0.5) is 16.2 Å². The molecule has 3 amide bonds. The van der Waals surface area contributed by atoms with Gasteiger partial charge in [0.05, 0.1) is 6.54 Å². The van der Waals surface area contributed by atoms with Crippen LogP contribution in [0.1, 0.15) is 23.1 Å². The summed E-state index contributed by atoms with van der Waals surface area (Å²) in [4.78, 5) is 26.4. The van der Waals surface area contributed by atoms with E-state index in [1.54, 1.807) is 0 Å². The number of fused-ring (bicyclic) bond motifs is 1. The molecule has 3 rings (SSSR count). The Hall–Kier alpha value is -2.82. The Bertz CT molecular complexity index is 801. The number of imide groups is 1. The second kappa shape index (κ2) is 7.38. The zero-order valence-corrected chi connectivity index (χ0v) is 14.6. The second-order valence-corrected chi connectivity index (χ2v) is 6.40. The normalized spacial score (nSPS) is 13.1. The van der Waals surface area contributed by atoms with E-state index in [-0.39, 0.29) is 12.5 Å². The lowest BCUT2D eigenvalue weighted by molar-refractivity contribution is -0.118. The highest BCUT2D eigenvalue weighted by Gasteiger charge is 2.19. The Morgan fingerprint density at radius 3 is 2.72 bits per heavy atom. The summed E-state index contributed by atoms with van der Waals surface area (Å²) in [5, 5.41) is 5.17. The number of urea groups is 1. The van der Waals surface area contributed by atoms with Crippen molar-refractivity contribution in [3.05, 3.63) is 59.2 Å². The molecule has 0 fully saturated rings. The summed E-state index contributed by atoms with van der Waals surface area (Å²) in [6, 6.07) is 13.3. The van der Waals surface area contributed by atoms with Crippen LogP contribution < -0.4 is 15.5 Å². The van der Waals surface area contributed by atoms with Crippen molar-refractivity contribution in [1.29, 1.82) is 0 Å². The van der Waals surface area contributed by atoms with Crippen molar-refractivity contribution < 1.29 is 9.59 Å². The third-order valence-electron chi connectivity index (χ3n) is 4.65. The number of carbonyl (C=O) groups excluding carboxylic acids is 2. The van der Waals surface area contributed by atoms with E-state index in [4.69, 9.17) is 0 Å². The van der Waals surface area contributed by atoms with Crippen molar-refractivity contribution in [2.75, 3.05) is 23.3 Å². The van der Waals surface area contributed by atoms with Gasteiger partial charge in [0.25, 0.3) is 0 Å². The molecular formula is C20H23N3O2. The fourth-order valence-corrected chi connectivity index (χ4v) is 3.16. The molecule has 2 N–H and O–H groups in total. The van der Waals surface area contributed by atoms with Gasteiger partial charge in [0.15, 0.2) is 0 Å². The predicted octanol–water partition coefficient (Wildman–Crippen LogP) is 3.40. The first kappa shape index (κ1) is 17.0. The highest BCUT2D eigenvalue weighted by atomic mass is 16.2. The van der Waals surface area contributed by atoms with E-state index >= 15 is 0 Å². The summed E-state index contributed by atoms with van der Waals surface area (Å²) in [5.41, 5.74) is 5.14. The van der Waals surface area contributed by atoms with E-state index in [1.165, 1.54) is 5.56 Å². The van der Waals surface area contributed by atoms with Crippen molar-refractivity contribution in [2.45, 2.75) is 26.7 Å². The molecule has 0 aliphatic carbocycles. The summed E-state index contributed by atoms with van der Waals surface area (Å²) >= 11 is 0. The molecule has 25 heavy (non-hydrogen) atoms. The molecule has 5 heteroatoms. The summed E-state index contributed by atoms with van der Waals surface area (Å²) in [5.74, 6) is -0.306. The summed E-state index contributed by atoms with van der Waals surface area (Å²) < 4.78 is 0. The smallest absolute Gasteiger partial charge is 0.325 e. The Kier molecular flexibility index (Phi) is 5.03. The number of carbonyl (C=O) groups is 2. The number of benzene rings is 2. The minimum atomic E-state index is -0.496. The van der Waals surface area contributed by atoms with Crippen LogP contribution >= 0.6 is 0 Å². The molecule has 2 aromatic carbocycles. The molecule has 0 saturated carbocycles. The van der Waals surface area contributed by atoms with E-state index in [1.807, 2.05) is 55.1 Å². The van der Waals surface area contributed by atoms with Crippen molar-refractivity contribution in [3.8, 4) is 0 Å². The Morgan fingerprint density at radius 2 is 1.88 bits per heavy atom. The van der Waals surface area contributed by atoms with Gasteiger partial charge in [-0.2, -0.15) is 0 Å². The van der Waals surface area contributed by atoms with Gasteiger partial charge in [-0.25, -0.2) is 4.79 Å². The van der Waals surface area contributed by atoms with Gasteiger partial charge in [-0.15, -0.1) is 0 Å². The molecule has 0 atom stereocenters. The lowest BCUT2D eigenvalue weighted by atomic mass is 10.0. The molecule has 130 valence electrons. The zero-order valence-electron chi connectivity index (χ0n) is 14.6. The van der Waals surface area contributed by atoms with Crippen LogP contribution in [0, 0.1) is 13.8 Å². The van der Waals surface area contributed by atoms with Crippen molar-refractivity contribution in [3.63, 3.8) is 0 Å². The predicted molar refractivity (Wildman–Crippen MR) is 100 cm³/mol. The quantitative estimate of drug-likeness (QED) is 0.902. The van der Waals surface area contributed by atoms with Gasteiger partial charge >= 0.3 is 6.03 Å². The van der Waals surface area contributed by atoms with Gasteiger partial charge < -0.3 is 10.2 Å². The van der Waals surface area contributed by atoms with Gasteiger partial charge in [-0.05, 0) is 55.5 Å². The van der Waals surface area contributed by atoms with E-state index < -0.39 is 6.03 Å². The zero-order chi connectivity index (χ0) is 17.8. The number of amides is 3. The Labute approximate surface area is 148 Å². The maximum atomic E-state index is 12.3. The maximum Gasteiger partial charge on any atom is 0.325 e. The van der Waals surface area contributed by atoms with Crippen molar-refractivity contribution >= 4 is 23.3 Å². The van der Waals surface area contributed by atoms with Crippen LogP contribution in [0.25, 0.3) is 0 Å². The van der Waals surface area contributed by atoms with Crippen molar-refractivity contribution in [1.82, 2.24) is 5.32 Å². The molecule has 1 heterocycles. The first-order valence-electron chi connectivity index (χ1n) is 8.54.